The number of hydrogen-bond donors (Lipinski definition) is 0. The van der Waals surface area contributed by atoms with Crippen molar-refractivity contribution >= 4 is 14.4 Å². The molecule has 4 heteroatoms. The van der Waals surface area contributed by atoms with E-state index in [1.165, 1.54) is 0 Å². The van der Waals surface area contributed by atoms with Crippen molar-refractivity contribution in [2.75, 3.05) is 20.0 Å². The highest BCUT2D eigenvalue weighted by atomic mass is 28.3. The molecule has 1 atom stereocenters. The smallest absolute Gasteiger partial charge is 0.146 e. The molecule has 0 rings (SSSR count). The Balaban J connectivity index is 3.18. The van der Waals surface area contributed by atoms with Gasteiger partial charge in [-0.15, -0.1) is 0 Å². The first-order chi connectivity index (χ1) is 6.45. The van der Waals surface area contributed by atoms with E-state index < -0.39 is 8.07 Å². The van der Waals surface area contributed by atoms with Gasteiger partial charge < -0.3 is 14.3 Å². The van der Waals surface area contributed by atoms with E-state index in [1.54, 1.807) is 0 Å². The molecule has 0 unspecified atom stereocenters. The van der Waals surface area contributed by atoms with Crippen molar-refractivity contribution < 1.29 is 14.3 Å². The molecule has 14 heavy (non-hydrogen) atoms. The van der Waals surface area contributed by atoms with Gasteiger partial charge in [0.1, 0.15) is 13.1 Å². The SMILES string of the molecule is C[C@H](C=O)COCOCC[Si](C)(C)C. The minimum atomic E-state index is -0.983. The first kappa shape index (κ1) is 13.8. The fraction of sp³-hybridized carbons (Fsp3) is 0.900. The fourth-order valence-electron chi connectivity index (χ4n) is 0.769. The second-order valence-corrected chi connectivity index (χ2v) is 10.4. The molecule has 3 nitrogen and oxygen atoms in total. The highest BCUT2D eigenvalue weighted by Gasteiger charge is 2.11. The Morgan fingerprint density at radius 3 is 2.43 bits per heavy atom. The van der Waals surface area contributed by atoms with Crippen LogP contribution in [0.1, 0.15) is 6.92 Å². The molecule has 0 aromatic heterocycles. The van der Waals surface area contributed by atoms with Crippen LogP contribution in [-0.4, -0.2) is 34.4 Å². The van der Waals surface area contributed by atoms with E-state index in [4.69, 9.17) is 9.47 Å². The summed E-state index contributed by atoms with van der Waals surface area (Å²) in [6.45, 7) is 10.3. The predicted molar refractivity (Wildman–Crippen MR) is 60.2 cm³/mol. The lowest BCUT2D eigenvalue weighted by Gasteiger charge is -2.15. The Morgan fingerprint density at radius 1 is 1.29 bits per heavy atom. The fourth-order valence-corrected chi connectivity index (χ4v) is 1.53. The summed E-state index contributed by atoms with van der Waals surface area (Å²) in [5.74, 6) is -0.0319. The lowest BCUT2D eigenvalue weighted by molar-refractivity contribution is -0.115. The van der Waals surface area contributed by atoms with Gasteiger partial charge in [0, 0.05) is 20.6 Å². The monoisotopic (exact) mass is 218 g/mol. The summed E-state index contributed by atoms with van der Waals surface area (Å²) in [5.41, 5.74) is 0. The van der Waals surface area contributed by atoms with Gasteiger partial charge in [-0.3, -0.25) is 0 Å². The molecular weight excluding hydrogens is 196 g/mol. The van der Waals surface area contributed by atoms with E-state index in [0.717, 1.165) is 18.9 Å². The van der Waals surface area contributed by atoms with Crippen LogP contribution in [0.25, 0.3) is 0 Å². The van der Waals surface area contributed by atoms with Gasteiger partial charge in [0.2, 0.25) is 0 Å². The number of aldehydes is 1. The molecule has 0 amide bonds. The molecule has 0 spiro atoms. The van der Waals surface area contributed by atoms with Crippen LogP contribution >= 0.6 is 0 Å². The zero-order chi connectivity index (χ0) is 11.0. The largest absolute Gasteiger partial charge is 0.356 e. The molecule has 0 N–H and O–H groups in total. The van der Waals surface area contributed by atoms with Crippen molar-refractivity contribution in [3.63, 3.8) is 0 Å². The molecule has 0 fully saturated rings. The third-order valence-corrected chi connectivity index (χ3v) is 3.48. The first-order valence-corrected chi connectivity index (χ1v) is 8.77. The zero-order valence-electron chi connectivity index (χ0n) is 9.71. The lowest BCUT2D eigenvalue weighted by atomic mass is 10.2. The van der Waals surface area contributed by atoms with E-state index >= 15 is 0 Å². The van der Waals surface area contributed by atoms with Crippen LogP contribution in [-0.2, 0) is 14.3 Å². The average Bonchev–Trinajstić information content (AvgIpc) is 2.08. The highest BCUT2D eigenvalue weighted by Crippen LogP contribution is 2.07. The summed E-state index contributed by atoms with van der Waals surface area (Å²) in [6.07, 6.45) is 0.891. The molecule has 0 radical (unpaired) electrons. The Labute approximate surface area is 87.8 Å². The van der Waals surface area contributed by atoms with Crippen molar-refractivity contribution in [3.8, 4) is 0 Å². The molecule has 0 aliphatic heterocycles. The van der Waals surface area contributed by atoms with Gasteiger partial charge >= 0.3 is 0 Å². The van der Waals surface area contributed by atoms with E-state index in [-0.39, 0.29) is 5.92 Å². The van der Waals surface area contributed by atoms with Gasteiger partial charge in [0.25, 0.3) is 0 Å². The molecule has 0 bridgehead atoms. The van der Waals surface area contributed by atoms with Crippen LogP contribution < -0.4 is 0 Å². The Bertz CT molecular complexity index is 154. The van der Waals surface area contributed by atoms with Crippen LogP contribution in [0.4, 0.5) is 0 Å². The summed E-state index contributed by atoms with van der Waals surface area (Å²) in [4.78, 5) is 10.2. The summed E-state index contributed by atoms with van der Waals surface area (Å²) < 4.78 is 10.5. The number of rotatable bonds is 8. The van der Waals surface area contributed by atoms with Gasteiger partial charge in [0.05, 0.1) is 6.61 Å². The maximum Gasteiger partial charge on any atom is 0.146 e. The van der Waals surface area contributed by atoms with E-state index in [2.05, 4.69) is 19.6 Å². The number of carbonyl (C=O) groups excluding carboxylic acids is 1. The molecule has 0 aromatic carbocycles. The van der Waals surface area contributed by atoms with E-state index in [0.29, 0.717) is 13.4 Å². The van der Waals surface area contributed by atoms with Crippen LogP contribution in [0.5, 0.6) is 0 Å². The standard InChI is InChI=1S/C10H22O3Si/c1-10(7-11)8-13-9-12-5-6-14(2,3)4/h7,10H,5-6,8-9H2,1-4H3/t10-/m1/s1. The first-order valence-electron chi connectivity index (χ1n) is 5.06. The molecule has 0 saturated carbocycles. The van der Waals surface area contributed by atoms with Crippen molar-refractivity contribution in [2.45, 2.75) is 32.6 Å². The zero-order valence-corrected chi connectivity index (χ0v) is 10.7. The molecule has 0 aromatic rings. The lowest BCUT2D eigenvalue weighted by Crippen LogP contribution is -2.22. The van der Waals surface area contributed by atoms with E-state index in [1.807, 2.05) is 6.92 Å². The number of ether oxygens (including phenoxy) is 2. The van der Waals surface area contributed by atoms with Gasteiger partial charge in [-0.1, -0.05) is 26.6 Å². The van der Waals surface area contributed by atoms with Crippen molar-refractivity contribution in [1.82, 2.24) is 0 Å². The summed E-state index contributed by atoms with van der Waals surface area (Å²) in [6, 6.07) is 1.15. The van der Waals surface area contributed by atoms with Gasteiger partial charge in [-0.2, -0.15) is 0 Å². The summed E-state index contributed by atoms with van der Waals surface area (Å²) in [7, 11) is -0.983. The topological polar surface area (TPSA) is 35.5 Å². The average molecular weight is 218 g/mol. The Kier molecular flexibility index (Phi) is 7.05. The Morgan fingerprint density at radius 2 is 1.93 bits per heavy atom. The summed E-state index contributed by atoms with van der Waals surface area (Å²) >= 11 is 0. The molecule has 0 saturated heterocycles. The van der Waals surface area contributed by atoms with Crippen molar-refractivity contribution in [3.05, 3.63) is 0 Å². The minimum Gasteiger partial charge on any atom is -0.356 e. The molecular formula is C10H22O3Si. The van der Waals surface area contributed by atoms with Gasteiger partial charge in [-0.25, -0.2) is 0 Å². The van der Waals surface area contributed by atoms with Gasteiger partial charge in [-0.05, 0) is 6.04 Å². The third kappa shape index (κ3) is 9.89. The molecule has 0 aliphatic rings. The van der Waals surface area contributed by atoms with E-state index in [9.17, 15) is 4.79 Å². The highest BCUT2D eigenvalue weighted by molar-refractivity contribution is 6.76. The predicted octanol–water partition coefficient (Wildman–Crippen LogP) is 2.15. The maximum absolute atomic E-state index is 10.2. The molecule has 0 aliphatic carbocycles. The summed E-state index contributed by atoms with van der Waals surface area (Å²) in [5, 5.41) is 0. The molecule has 0 heterocycles. The second-order valence-electron chi connectivity index (χ2n) is 4.82. The minimum absolute atomic E-state index is 0.0319. The Hall–Kier alpha value is -0.193. The quantitative estimate of drug-likeness (QED) is 0.271. The third-order valence-electron chi connectivity index (χ3n) is 1.78. The second kappa shape index (κ2) is 7.15. The van der Waals surface area contributed by atoms with Crippen LogP contribution in [0, 0.1) is 5.92 Å². The van der Waals surface area contributed by atoms with Gasteiger partial charge in [0.15, 0.2) is 0 Å². The van der Waals surface area contributed by atoms with Crippen LogP contribution in [0.15, 0.2) is 0 Å². The normalized spacial score (nSPS) is 14.0. The van der Waals surface area contributed by atoms with Crippen LogP contribution in [0.2, 0.25) is 25.7 Å². The number of hydrogen-bond acceptors (Lipinski definition) is 3. The van der Waals surface area contributed by atoms with Crippen molar-refractivity contribution in [2.24, 2.45) is 5.92 Å². The molecule has 84 valence electrons. The maximum atomic E-state index is 10.2. The van der Waals surface area contributed by atoms with Crippen LogP contribution in [0.3, 0.4) is 0 Å². The van der Waals surface area contributed by atoms with Crippen molar-refractivity contribution in [1.29, 1.82) is 0 Å². The number of carbonyl (C=O) groups is 1.